The normalized spacial score (nSPS) is 12.0. The van der Waals surface area contributed by atoms with Crippen molar-refractivity contribution in [2.45, 2.75) is 116 Å². The summed E-state index contributed by atoms with van der Waals surface area (Å²) in [7, 11) is 1.45. The van der Waals surface area contributed by atoms with Crippen LogP contribution in [-0.2, 0) is 19.1 Å². The molecule has 148 valence electrons. The molecular formula is C21H40O4. The van der Waals surface area contributed by atoms with Crippen LogP contribution in [0.5, 0.6) is 0 Å². The van der Waals surface area contributed by atoms with Crippen molar-refractivity contribution in [2.24, 2.45) is 0 Å². The molecule has 0 aliphatic carbocycles. The first-order valence-corrected chi connectivity index (χ1v) is 10.3. The van der Waals surface area contributed by atoms with E-state index < -0.39 is 0 Å². The van der Waals surface area contributed by atoms with Crippen LogP contribution in [-0.4, -0.2) is 25.2 Å². The Morgan fingerprint density at radius 3 is 1.60 bits per heavy atom. The molecule has 4 nitrogen and oxygen atoms in total. The summed E-state index contributed by atoms with van der Waals surface area (Å²) in [5.41, 5.74) is 0. The van der Waals surface area contributed by atoms with E-state index in [0.29, 0.717) is 6.42 Å². The van der Waals surface area contributed by atoms with Gasteiger partial charge >= 0.3 is 11.9 Å². The smallest absolute Gasteiger partial charge is 0.305 e. The van der Waals surface area contributed by atoms with Crippen LogP contribution in [0, 0.1) is 0 Å². The van der Waals surface area contributed by atoms with Gasteiger partial charge in [0.2, 0.25) is 0 Å². The van der Waals surface area contributed by atoms with Crippen molar-refractivity contribution in [3.05, 3.63) is 0 Å². The molecule has 1 unspecified atom stereocenters. The zero-order valence-electron chi connectivity index (χ0n) is 16.8. The van der Waals surface area contributed by atoms with Gasteiger partial charge in [-0.2, -0.15) is 0 Å². The SMILES string of the molecule is CCC(CCCCCCCCCCCCCCC(=O)OC)OC(C)=O. The molecular weight excluding hydrogens is 316 g/mol. The number of carbonyl (C=O) groups is 2. The lowest BCUT2D eigenvalue weighted by molar-refractivity contribution is -0.146. The maximum atomic E-state index is 11.0. The molecule has 0 heterocycles. The zero-order valence-corrected chi connectivity index (χ0v) is 16.8. The number of ether oxygens (including phenoxy) is 2. The van der Waals surface area contributed by atoms with Gasteiger partial charge in [-0.25, -0.2) is 0 Å². The van der Waals surface area contributed by atoms with E-state index in [0.717, 1.165) is 32.1 Å². The molecule has 0 amide bonds. The molecule has 1 atom stereocenters. The number of hydrogen-bond donors (Lipinski definition) is 0. The predicted molar refractivity (Wildman–Crippen MR) is 102 cm³/mol. The van der Waals surface area contributed by atoms with Gasteiger partial charge in [0.25, 0.3) is 0 Å². The fourth-order valence-corrected chi connectivity index (χ4v) is 3.09. The summed E-state index contributed by atoms with van der Waals surface area (Å²) < 4.78 is 9.89. The van der Waals surface area contributed by atoms with Gasteiger partial charge in [0.15, 0.2) is 0 Å². The molecule has 0 aliphatic rings. The van der Waals surface area contributed by atoms with Crippen molar-refractivity contribution in [3.63, 3.8) is 0 Å². The summed E-state index contributed by atoms with van der Waals surface area (Å²) in [6.45, 7) is 3.57. The van der Waals surface area contributed by atoms with E-state index in [4.69, 9.17) is 4.74 Å². The summed E-state index contributed by atoms with van der Waals surface area (Å²) in [6.07, 6.45) is 17.6. The summed E-state index contributed by atoms with van der Waals surface area (Å²) >= 11 is 0. The molecule has 0 spiro atoms. The number of methoxy groups -OCH3 is 1. The van der Waals surface area contributed by atoms with Gasteiger partial charge in [-0.3, -0.25) is 9.59 Å². The highest BCUT2D eigenvalue weighted by Crippen LogP contribution is 2.15. The zero-order chi connectivity index (χ0) is 18.8. The molecule has 0 radical (unpaired) electrons. The fraction of sp³-hybridized carbons (Fsp3) is 0.905. The Bertz CT molecular complexity index is 328. The summed E-state index contributed by atoms with van der Waals surface area (Å²) in [6, 6.07) is 0. The molecule has 0 fully saturated rings. The Labute approximate surface area is 155 Å². The predicted octanol–water partition coefficient (Wildman–Crippen LogP) is 5.96. The number of rotatable bonds is 17. The summed E-state index contributed by atoms with van der Waals surface area (Å²) in [4.78, 5) is 21.9. The van der Waals surface area contributed by atoms with Crippen LogP contribution in [0.3, 0.4) is 0 Å². The van der Waals surface area contributed by atoms with Crippen molar-refractivity contribution in [2.75, 3.05) is 7.11 Å². The van der Waals surface area contributed by atoms with Crippen LogP contribution in [0.2, 0.25) is 0 Å². The van der Waals surface area contributed by atoms with Gasteiger partial charge in [-0.15, -0.1) is 0 Å². The minimum absolute atomic E-state index is 0.0865. The number of hydrogen-bond acceptors (Lipinski definition) is 4. The van der Waals surface area contributed by atoms with Crippen LogP contribution in [0.25, 0.3) is 0 Å². The largest absolute Gasteiger partial charge is 0.469 e. The van der Waals surface area contributed by atoms with E-state index in [9.17, 15) is 9.59 Å². The van der Waals surface area contributed by atoms with Gasteiger partial charge in [0, 0.05) is 13.3 Å². The highest BCUT2D eigenvalue weighted by atomic mass is 16.5. The Kier molecular flexibility index (Phi) is 17.0. The minimum Gasteiger partial charge on any atom is -0.469 e. The lowest BCUT2D eigenvalue weighted by Crippen LogP contribution is -2.14. The van der Waals surface area contributed by atoms with Gasteiger partial charge in [-0.1, -0.05) is 71.1 Å². The lowest BCUT2D eigenvalue weighted by atomic mass is 10.0. The van der Waals surface area contributed by atoms with Gasteiger partial charge in [-0.05, 0) is 25.7 Å². The van der Waals surface area contributed by atoms with Crippen molar-refractivity contribution < 1.29 is 19.1 Å². The first kappa shape index (κ1) is 23.9. The minimum atomic E-state index is -0.157. The Hall–Kier alpha value is -1.06. The quantitative estimate of drug-likeness (QED) is 0.238. The second kappa shape index (κ2) is 17.8. The van der Waals surface area contributed by atoms with Crippen molar-refractivity contribution in [3.8, 4) is 0 Å². The monoisotopic (exact) mass is 356 g/mol. The van der Waals surface area contributed by atoms with Crippen molar-refractivity contribution in [1.82, 2.24) is 0 Å². The summed E-state index contributed by atoms with van der Waals surface area (Å²) in [5.74, 6) is -0.244. The third-order valence-corrected chi connectivity index (χ3v) is 4.67. The van der Waals surface area contributed by atoms with E-state index in [1.54, 1.807) is 0 Å². The summed E-state index contributed by atoms with van der Waals surface area (Å²) in [5, 5.41) is 0. The van der Waals surface area contributed by atoms with E-state index >= 15 is 0 Å². The Balaban J connectivity index is 3.21. The first-order valence-electron chi connectivity index (χ1n) is 10.3. The fourth-order valence-electron chi connectivity index (χ4n) is 3.09. The van der Waals surface area contributed by atoms with E-state index in [1.165, 1.54) is 71.8 Å². The molecule has 4 heteroatoms. The van der Waals surface area contributed by atoms with E-state index in [1.807, 2.05) is 0 Å². The molecule has 0 bridgehead atoms. The third kappa shape index (κ3) is 17.6. The average molecular weight is 357 g/mol. The molecule has 0 aromatic carbocycles. The Morgan fingerprint density at radius 1 is 0.760 bits per heavy atom. The Morgan fingerprint density at radius 2 is 1.20 bits per heavy atom. The maximum Gasteiger partial charge on any atom is 0.305 e. The van der Waals surface area contributed by atoms with E-state index in [2.05, 4.69) is 11.7 Å². The molecule has 0 aromatic heterocycles. The van der Waals surface area contributed by atoms with Crippen LogP contribution < -0.4 is 0 Å². The molecule has 0 saturated carbocycles. The van der Waals surface area contributed by atoms with Crippen LogP contribution in [0.4, 0.5) is 0 Å². The van der Waals surface area contributed by atoms with Gasteiger partial charge in [0.05, 0.1) is 7.11 Å². The van der Waals surface area contributed by atoms with Crippen LogP contribution in [0.1, 0.15) is 110 Å². The second-order valence-corrected chi connectivity index (χ2v) is 7.00. The van der Waals surface area contributed by atoms with Gasteiger partial charge < -0.3 is 9.47 Å². The molecule has 0 rings (SSSR count). The van der Waals surface area contributed by atoms with Crippen LogP contribution >= 0.6 is 0 Å². The maximum absolute atomic E-state index is 11.0. The second-order valence-electron chi connectivity index (χ2n) is 7.00. The number of unbranched alkanes of at least 4 members (excludes halogenated alkanes) is 11. The lowest BCUT2D eigenvalue weighted by Gasteiger charge is -2.14. The standard InChI is InChI=1S/C21H40O4/c1-4-20(25-19(2)22)17-15-13-11-9-7-5-6-8-10-12-14-16-18-21(23)24-3/h20H,4-18H2,1-3H3. The average Bonchev–Trinajstić information content (AvgIpc) is 2.60. The number of carbonyl (C=O) groups excluding carboxylic acids is 2. The highest BCUT2D eigenvalue weighted by molar-refractivity contribution is 5.68. The highest BCUT2D eigenvalue weighted by Gasteiger charge is 2.08. The first-order chi connectivity index (χ1) is 12.1. The topological polar surface area (TPSA) is 52.6 Å². The molecule has 0 aliphatic heterocycles. The van der Waals surface area contributed by atoms with Crippen molar-refractivity contribution in [1.29, 1.82) is 0 Å². The van der Waals surface area contributed by atoms with E-state index in [-0.39, 0.29) is 18.0 Å². The molecule has 25 heavy (non-hydrogen) atoms. The molecule has 0 aromatic rings. The molecule has 0 saturated heterocycles. The number of esters is 2. The van der Waals surface area contributed by atoms with Crippen molar-refractivity contribution >= 4 is 11.9 Å². The van der Waals surface area contributed by atoms with Gasteiger partial charge in [0.1, 0.15) is 6.10 Å². The van der Waals surface area contributed by atoms with Crippen LogP contribution in [0.15, 0.2) is 0 Å². The third-order valence-electron chi connectivity index (χ3n) is 4.67. The molecule has 0 N–H and O–H groups in total.